The average molecular weight is 371 g/mol. The topological polar surface area (TPSA) is 47.6 Å². The normalized spacial score (nSPS) is 16.6. The SMILES string of the molecule is COc1cc(/C=C2/SC(=S)NC2=O)ccc1O[C@@H](C)c1ccccc1. The van der Waals surface area contributed by atoms with Gasteiger partial charge >= 0.3 is 0 Å². The highest BCUT2D eigenvalue weighted by atomic mass is 32.2. The number of ether oxygens (including phenoxy) is 2. The van der Waals surface area contributed by atoms with Gasteiger partial charge in [0, 0.05) is 0 Å². The third-order valence-electron chi connectivity index (χ3n) is 3.70. The van der Waals surface area contributed by atoms with Gasteiger partial charge in [-0.2, -0.15) is 0 Å². The summed E-state index contributed by atoms with van der Waals surface area (Å²) in [6.45, 7) is 1.99. The molecule has 0 bridgehead atoms. The summed E-state index contributed by atoms with van der Waals surface area (Å²) in [5.74, 6) is 1.09. The van der Waals surface area contributed by atoms with Crippen LogP contribution in [0.5, 0.6) is 11.5 Å². The summed E-state index contributed by atoms with van der Waals surface area (Å²) in [6, 6.07) is 15.6. The summed E-state index contributed by atoms with van der Waals surface area (Å²) in [5.41, 5.74) is 1.93. The standard InChI is InChI=1S/C19H17NO3S2/c1-12(14-6-4-3-5-7-14)23-15-9-8-13(10-16(15)22-2)11-17-18(21)20-19(24)25-17/h3-12H,1-2H3,(H,20,21,24)/b17-11+/t12-/m0/s1. The number of nitrogens with one attached hydrogen (secondary N) is 1. The Bertz CT molecular complexity index is 834. The molecule has 25 heavy (non-hydrogen) atoms. The van der Waals surface area contributed by atoms with Crippen LogP contribution < -0.4 is 14.8 Å². The molecule has 6 heteroatoms. The number of hydrogen-bond acceptors (Lipinski definition) is 5. The third kappa shape index (κ3) is 4.21. The quantitative estimate of drug-likeness (QED) is 0.626. The van der Waals surface area contributed by atoms with Crippen LogP contribution in [-0.2, 0) is 4.79 Å². The zero-order valence-electron chi connectivity index (χ0n) is 13.8. The van der Waals surface area contributed by atoms with E-state index < -0.39 is 0 Å². The van der Waals surface area contributed by atoms with E-state index in [0.29, 0.717) is 20.7 Å². The van der Waals surface area contributed by atoms with Crippen molar-refractivity contribution in [3.63, 3.8) is 0 Å². The predicted molar refractivity (Wildman–Crippen MR) is 105 cm³/mol. The Hall–Kier alpha value is -2.31. The van der Waals surface area contributed by atoms with Crippen LogP contribution in [0.15, 0.2) is 53.4 Å². The Balaban J connectivity index is 1.81. The first-order valence-electron chi connectivity index (χ1n) is 7.71. The minimum absolute atomic E-state index is 0.104. The first-order chi connectivity index (χ1) is 12.1. The van der Waals surface area contributed by atoms with Crippen molar-refractivity contribution >= 4 is 40.3 Å². The van der Waals surface area contributed by atoms with Gasteiger partial charge in [-0.25, -0.2) is 0 Å². The maximum atomic E-state index is 11.8. The van der Waals surface area contributed by atoms with Crippen LogP contribution >= 0.6 is 24.0 Å². The lowest BCUT2D eigenvalue weighted by Gasteiger charge is -2.17. The van der Waals surface area contributed by atoms with Gasteiger partial charge in [-0.1, -0.05) is 60.4 Å². The zero-order chi connectivity index (χ0) is 17.8. The Morgan fingerprint density at radius 1 is 1.16 bits per heavy atom. The van der Waals surface area contributed by atoms with Crippen LogP contribution in [0.3, 0.4) is 0 Å². The molecule has 1 saturated heterocycles. The smallest absolute Gasteiger partial charge is 0.263 e. The molecule has 2 aromatic carbocycles. The first-order valence-corrected chi connectivity index (χ1v) is 8.94. The highest BCUT2D eigenvalue weighted by molar-refractivity contribution is 8.26. The Morgan fingerprint density at radius 3 is 2.56 bits per heavy atom. The van der Waals surface area contributed by atoms with Crippen molar-refractivity contribution < 1.29 is 14.3 Å². The molecule has 1 heterocycles. The number of thioether (sulfide) groups is 1. The zero-order valence-corrected chi connectivity index (χ0v) is 15.4. The molecular formula is C19H17NO3S2. The first kappa shape index (κ1) is 17.5. The van der Waals surface area contributed by atoms with E-state index in [1.165, 1.54) is 11.8 Å². The molecule has 1 fully saturated rings. The van der Waals surface area contributed by atoms with Crippen molar-refractivity contribution in [2.45, 2.75) is 13.0 Å². The molecule has 3 rings (SSSR count). The van der Waals surface area contributed by atoms with Crippen LogP contribution in [-0.4, -0.2) is 17.3 Å². The summed E-state index contributed by atoms with van der Waals surface area (Å²) in [4.78, 5) is 12.3. The molecule has 1 aliphatic rings. The van der Waals surface area contributed by atoms with E-state index in [0.717, 1.165) is 11.1 Å². The fourth-order valence-corrected chi connectivity index (χ4v) is 3.47. The van der Waals surface area contributed by atoms with Gasteiger partial charge in [0.25, 0.3) is 5.91 Å². The van der Waals surface area contributed by atoms with E-state index in [1.54, 1.807) is 13.2 Å². The van der Waals surface area contributed by atoms with Crippen molar-refractivity contribution in [1.29, 1.82) is 0 Å². The van der Waals surface area contributed by atoms with Gasteiger partial charge in [0.1, 0.15) is 10.4 Å². The summed E-state index contributed by atoms with van der Waals surface area (Å²) in [7, 11) is 1.60. The Kier molecular flexibility index (Phi) is 5.40. The number of carbonyl (C=O) groups excluding carboxylic acids is 1. The molecular weight excluding hydrogens is 354 g/mol. The summed E-state index contributed by atoms with van der Waals surface area (Å²) < 4.78 is 12.0. The Labute approximate surface area is 156 Å². The van der Waals surface area contributed by atoms with Crippen molar-refractivity contribution in [3.8, 4) is 11.5 Å². The number of thiocarbonyl (C=S) groups is 1. The molecule has 0 unspecified atom stereocenters. The second kappa shape index (κ2) is 7.72. The largest absolute Gasteiger partial charge is 0.493 e. The van der Waals surface area contributed by atoms with Gasteiger partial charge in [0.05, 0.1) is 12.0 Å². The molecule has 1 atom stereocenters. The number of amides is 1. The molecule has 0 aromatic heterocycles. The fourth-order valence-electron chi connectivity index (χ4n) is 2.43. The lowest BCUT2D eigenvalue weighted by atomic mass is 10.1. The summed E-state index contributed by atoms with van der Waals surface area (Å²) in [5, 5.41) is 2.60. The van der Waals surface area contributed by atoms with Gasteiger partial charge in [0.2, 0.25) is 0 Å². The molecule has 1 amide bonds. The number of benzene rings is 2. The molecule has 0 spiro atoms. The van der Waals surface area contributed by atoms with E-state index in [1.807, 2.05) is 55.5 Å². The predicted octanol–water partition coefficient (Wildman–Crippen LogP) is 4.32. The summed E-state index contributed by atoms with van der Waals surface area (Å²) in [6.07, 6.45) is 1.68. The lowest BCUT2D eigenvalue weighted by Crippen LogP contribution is -2.17. The van der Waals surface area contributed by atoms with E-state index in [-0.39, 0.29) is 12.0 Å². The van der Waals surface area contributed by atoms with Gasteiger partial charge in [-0.05, 0) is 36.3 Å². The molecule has 128 valence electrons. The highest BCUT2D eigenvalue weighted by Crippen LogP contribution is 2.34. The lowest BCUT2D eigenvalue weighted by molar-refractivity contribution is -0.115. The summed E-state index contributed by atoms with van der Waals surface area (Å²) >= 11 is 6.25. The maximum Gasteiger partial charge on any atom is 0.263 e. The minimum Gasteiger partial charge on any atom is -0.493 e. The van der Waals surface area contributed by atoms with Crippen LogP contribution in [0.1, 0.15) is 24.2 Å². The molecule has 4 nitrogen and oxygen atoms in total. The maximum absolute atomic E-state index is 11.8. The Morgan fingerprint density at radius 2 is 1.92 bits per heavy atom. The van der Waals surface area contributed by atoms with Crippen molar-refractivity contribution in [2.75, 3.05) is 7.11 Å². The van der Waals surface area contributed by atoms with Crippen LogP contribution in [0.25, 0.3) is 6.08 Å². The van der Waals surface area contributed by atoms with Gasteiger partial charge in [-0.15, -0.1) is 0 Å². The van der Waals surface area contributed by atoms with Crippen molar-refractivity contribution in [3.05, 3.63) is 64.6 Å². The van der Waals surface area contributed by atoms with E-state index in [4.69, 9.17) is 21.7 Å². The van der Waals surface area contributed by atoms with Crippen molar-refractivity contribution in [2.24, 2.45) is 0 Å². The minimum atomic E-state index is -0.174. The van der Waals surface area contributed by atoms with Gasteiger partial charge in [0.15, 0.2) is 11.5 Å². The second-order valence-electron chi connectivity index (χ2n) is 5.43. The van der Waals surface area contributed by atoms with E-state index in [2.05, 4.69) is 5.32 Å². The van der Waals surface area contributed by atoms with Crippen LogP contribution in [0, 0.1) is 0 Å². The number of methoxy groups -OCH3 is 1. The third-order valence-corrected chi connectivity index (χ3v) is 4.86. The molecule has 0 radical (unpaired) electrons. The molecule has 1 N–H and O–H groups in total. The van der Waals surface area contributed by atoms with Gasteiger partial charge < -0.3 is 14.8 Å². The molecule has 0 aliphatic carbocycles. The van der Waals surface area contributed by atoms with E-state index >= 15 is 0 Å². The molecule has 0 saturated carbocycles. The molecule has 1 aliphatic heterocycles. The monoisotopic (exact) mass is 371 g/mol. The second-order valence-corrected chi connectivity index (χ2v) is 7.15. The van der Waals surface area contributed by atoms with Crippen LogP contribution in [0.2, 0.25) is 0 Å². The number of carbonyl (C=O) groups is 1. The molecule has 2 aromatic rings. The van der Waals surface area contributed by atoms with Crippen molar-refractivity contribution in [1.82, 2.24) is 5.32 Å². The number of rotatable bonds is 5. The average Bonchev–Trinajstić information content (AvgIpc) is 2.94. The number of hydrogen-bond donors (Lipinski definition) is 1. The van der Waals surface area contributed by atoms with Gasteiger partial charge in [-0.3, -0.25) is 4.79 Å². The fraction of sp³-hybridized carbons (Fsp3) is 0.158. The van der Waals surface area contributed by atoms with E-state index in [9.17, 15) is 4.79 Å². The van der Waals surface area contributed by atoms with Crippen LogP contribution in [0.4, 0.5) is 0 Å². The highest BCUT2D eigenvalue weighted by Gasteiger charge is 2.22.